The second-order valence-electron chi connectivity index (χ2n) is 6.59. The van der Waals surface area contributed by atoms with Crippen LogP contribution in [0.5, 0.6) is 0 Å². The summed E-state index contributed by atoms with van der Waals surface area (Å²) in [5.41, 5.74) is 1.98. The predicted molar refractivity (Wildman–Crippen MR) is 115 cm³/mol. The number of hydrogen-bond donors (Lipinski definition) is 2. The molecule has 0 spiro atoms. The second-order valence-corrected chi connectivity index (χ2v) is 7.66. The quantitative estimate of drug-likeness (QED) is 0.589. The average molecular weight is 425 g/mol. The zero-order chi connectivity index (χ0) is 21.1. The molecule has 1 atom stereocenters. The first kappa shape index (κ1) is 19.9. The largest absolute Gasteiger partial charge is 0.323 e. The van der Waals surface area contributed by atoms with E-state index < -0.39 is 11.8 Å². The molecule has 1 unspecified atom stereocenters. The normalized spacial score (nSPS) is 15.9. The summed E-state index contributed by atoms with van der Waals surface area (Å²) >= 11 is 1.45. The number of carbonyl (C=O) groups is 2. The van der Waals surface area contributed by atoms with Crippen LogP contribution in [-0.2, 0) is 4.79 Å². The number of benzene rings is 3. The molecule has 2 N–H and O–H groups in total. The van der Waals surface area contributed by atoms with Crippen molar-refractivity contribution in [3.05, 3.63) is 90.0 Å². The van der Waals surface area contributed by atoms with Crippen LogP contribution in [0.4, 0.5) is 30.6 Å². The molecular weight excluding hydrogens is 408 g/mol. The van der Waals surface area contributed by atoms with Crippen LogP contribution in [0.1, 0.15) is 10.9 Å². The van der Waals surface area contributed by atoms with Gasteiger partial charge in [0.2, 0.25) is 5.91 Å². The Morgan fingerprint density at radius 1 is 0.967 bits per heavy atom. The Morgan fingerprint density at radius 3 is 2.50 bits per heavy atom. The van der Waals surface area contributed by atoms with Gasteiger partial charge in [0.1, 0.15) is 17.0 Å². The molecule has 1 fully saturated rings. The van der Waals surface area contributed by atoms with Crippen molar-refractivity contribution in [2.45, 2.75) is 5.37 Å². The highest BCUT2D eigenvalue weighted by atomic mass is 32.2. The standard InChI is InChI=1S/C22H17F2N3O2S/c23-15-8-10-17(11-9-15)27-20(28)13-30-21(27)14-4-3-5-16(12-14)25-22(29)26-19-7-2-1-6-18(19)24/h1-12,21H,13H2,(H2,25,26,29). The molecule has 1 aliphatic rings. The summed E-state index contributed by atoms with van der Waals surface area (Å²) in [7, 11) is 0. The van der Waals surface area contributed by atoms with Crippen molar-refractivity contribution in [3.8, 4) is 0 Å². The van der Waals surface area contributed by atoms with Crippen LogP contribution < -0.4 is 15.5 Å². The van der Waals surface area contributed by atoms with Crippen LogP contribution in [0, 0.1) is 11.6 Å². The lowest BCUT2D eigenvalue weighted by Gasteiger charge is -2.24. The molecule has 152 valence electrons. The van der Waals surface area contributed by atoms with Crippen molar-refractivity contribution in [2.24, 2.45) is 0 Å². The van der Waals surface area contributed by atoms with Gasteiger partial charge in [-0.1, -0.05) is 24.3 Å². The molecule has 0 radical (unpaired) electrons. The zero-order valence-corrected chi connectivity index (χ0v) is 16.5. The van der Waals surface area contributed by atoms with Gasteiger partial charge in [0, 0.05) is 11.4 Å². The molecule has 1 heterocycles. The zero-order valence-electron chi connectivity index (χ0n) is 15.6. The van der Waals surface area contributed by atoms with E-state index in [1.165, 1.54) is 42.1 Å². The van der Waals surface area contributed by atoms with Gasteiger partial charge >= 0.3 is 6.03 Å². The molecule has 3 aromatic rings. The van der Waals surface area contributed by atoms with E-state index >= 15 is 0 Å². The number of amides is 3. The van der Waals surface area contributed by atoms with Crippen LogP contribution in [0.15, 0.2) is 72.8 Å². The van der Waals surface area contributed by atoms with E-state index in [1.807, 2.05) is 6.07 Å². The summed E-state index contributed by atoms with van der Waals surface area (Å²) in [5.74, 6) is -0.681. The number of nitrogens with one attached hydrogen (secondary N) is 2. The number of thioether (sulfide) groups is 1. The van der Waals surface area contributed by atoms with E-state index in [-0.39, 0.29) is 22.8 Å². The Labute approximate surface area is 176 Å². The summed E-state index contributed by atoms with van der Waals surface area (Å²) in [4.78, 5) is 26.3. The smallest absolute Gasteiger partial charge is 0.308 e. The van der Waals surface area contributed by atoms with E-state index in [1.54, 1.807) is 41.3 Å². The lowest BCUT2D eigenvalue weighted by atomic mass is 10.1. The molecule has 5 nitrogen and oxygen atoms in total. The molecule has 1 aliphatic heterocycles. The van der Waals surface area contributed by atoms with E-state index in [0.29, 0.717) is 17.1 Å². The van der Waals surface area contributed by atoms with Crippen LogP contribution >= 0.6 is 11.8 Å². The third kappa shape index (κ3) is 4.28. The molecule has 0 bridgehead atoms. The highest BCUT2D eigenvalue weighted by molar-refractivity contribution is 8.00. The number of urea groups is 1. The molecule has 1 saturated heterocycles. The lowest BCUT2D eigenvalue weighted by Crippen LogP contribution is -2.28. The molecular formula is C22H17F2N3O2S. The Bertz CT molecular complexity index is 1090. The van der Waals surface area contributed by atoms with Gasteiger partial charge in [-0.05, 0) is 54.1 Å². The van der Waals surface area contributed by atoms with Crippen molar-refractivity contribution < 1.29 is 18.4 Å². The van der Waals surface area contributed by atoms with Gasteiger partial charge in [0.15, 0.2) is 0 Å². The summed E-state index contributed by atoms with van der Waals surface area (Å²) < 4.78 is 27.0. The van der Waals surface area contributed by atoms with E-state index in [2.05, 4.69) is 10.6 Å². The summed E-state index contributed by atoms with van der Waals surface area (Å²) in [6.07, 6.45) is 0. The highest BCUT2D eigenvalue weighted by Gasteiger charge is 2.34. The van der Waals surface area contributed by atoms with Gasteiger partial charge in [0.25, 0.3) is 0 Å². The van der Waals surface area contributed by atoms with Crippen molar-refractivity contribution in [1.82, 2.24) is 0 Å². The van der Waals surface area contributed by atoms with Crippen LogP contribution in [-0.4, -0.2) is 17.7 Å². The molecule has 4 rings (SSSR count). The Morgan fingerprint density at radius 2 is 1.73 bits per heavy atom. The minimum absolute atomic E-state index is 0.0746. The summed E-state index contributed by atoms with van der Waals surface area (Å²) in [6.45, 7) is 0. The number of rotatable bonds is 4. The number of nitrogens with zero attached hydrogens (tertiary/aromatic N) is 1. The Hall–Kier alpha value is -3.39. The number of anilines is 3. The topological polar surface area (TPSA) is 61.4 Å². The van der Waals surface area contributed by atoms with Crippen LogP contribution in [0.25, 0.3) is 0 Å². The monoisotopic (exact) mass is 425 g/mol. The van der Waals surface area contributed by atoms with E-state index in [0.717, 1.165) is 5.56 Å². The third-order valence-electron chi connectivity index (χ3n) is 4.52. The minimum Gasteiger partial charge on any atom is -0.308 e. The number of para-hydroxylation sites is 1. The van der Waals surface area contributed by atoms with Gasteiger partial charge in [0.05, 0.1) is 11.4 Å². The fourth-order valence-electron chi connectivity index (χ4n) is 3.17. The van der Waals surface area contributed by atoms with Gasteiger partial charge < -0.3 is 10.6 Å². The van der Waals surface area contributed by atoms with Gasteiger partial charge in [-0.25, -0.2) is 13.6 Å². The van der Waals surface area contributed by atoms with E-state index in [9.17, 15) is 18.4 Å². The molecule has 30 heavy (non-hydrogen) atoms. The lowest BCUT2D eigenvalue weighted by molar-refractivity contribution is -0.115. The molecule has 0 aromatic heterocycles. The minimum atomic E-state index is -0.581. The van der Waals surface area contributed by atoms with Crippen LogP contribution in [0.3, 0.4) is 0 Å². The molecule has 0 saturated carbocycles. The summed E-state index contributed by atoms with van der Waals surface area (Å²) in [6, 6.07) is 18.1. The first-order valence-electron chi connectivity index (χ1n) is 9.13. The van der Waals surface area contributed by atoms with Gasteiger partial charge in [-0.2, -0.15) is 0 Å². The SMILES string of the molecule is O=C(Nc1cccc(C2SCC(=O)N2c2ccc(F)cc2)c1)Nc1ccccc1F. The predicted octanol–water partition coefficient (Wildman–Crippen LogP) is 5.39. The second kappa shape index (κ2) is 8.54. The fourth-order valence-corrected chi connectivity index (χ4v) is 4.34. The Balaban J connectivity index is 1.52. The number of hydrogen-bond acceptors (Lipinski definition) is 3. The first-order valence-corrected chi connectivity index (χ1v) is 10.2. The highest BCUT2D eigenvalue weighted by Crippen LogP contribution is 2.42. The third-order valence-corrected chi connectivity index (χ3v) is 5.74. The maximum absolute atomic E-state index is 13.7. The van der Waals surface area contributed by atoms with Gasteiger partial charge in [-0.3, -0.25) is 9.69 Å². The van der Waals surface area contributed by atoms with Crippen molar-refractivity contribution in [3.63, 3.8) is 0 Å². The number of halogens is 2. The molecule has 0 aliphatic carbocycles. The van der Waals surface area contributed by atoms with Crippen molar-refractivity contribution >= 4 is 40.8 Å². The van der Waals surface area contributed by atoms with Crippen molar-refractivity contribution in [2.75, 3.05) is 21.3 Å². The fraction of sp³-hybridized carbons (Fsp3) is 0.0909. The maximum atomic E-state index is 13.7. The first-order chi connectivity index (χ1) is 14.5. The summed E-state index contributed by atoms with van der Waals surface area (Å²) in [5, 5.41) is 4.83. The average Bonchev–Trinajstić information content (AvgIpc) is 3.12. The van der Waals surface area contributed by atoms with Gasteiger partial charge in [-0.15, -0.1) is 11.8 Å². The maximum Gasteiger partial charge on any atom is 0.323 e. The molecule has 3 amide bonds. The Kier molecular flexibility index (Phi) is 5.67. The number of carbonyl (C=O) groups excluding carboxylic acids is 2. The van der Waals surface area contributed by atoms with Crippen molar-refractivity contribution in [1.29, 1.82) is 0 Å². The van der Waals surface area contributed by atoms with Crippen LogP contribution in [0.2, 0.25) is 0 Å². The van der Waals surface area contributed by atoms with E-state index in [4.69, 9.17) is 0 Å². The molecule has 3 aromatic carbocycles. The molecule has 8 heteroatoms.